The minimum atomic E-state index is -0.290. The number of anilines is 1. The molecule has 2 aliphatic carbocycles. The zero-order valence-corrected chi connectivity index (χ0v) is 16.4. The topological polar surface area (TPSA) is 67.9 Å². The van der Waals surface area contributed by atoms with Crippen molar-refractivity contribution in [1.82, 2.24) is 5.32 Å². The van der Waals surface area contributed by atoms with Gasteiger partial charge in [-0.2, -0.15) is 0 Å². The molecule has 1 aromatic carbocycles. The first-order valence-electron chi connectivity index (χ1n) is 10.6. The lowest BCUT2D eigenvalue weighted by atomic mass is 9.84. The average Bonchev–Trinajstić information content (AvgIpc) is 3.43. The Bertz CT molecular complexity index is 795. The molecule has 6 nitrogen and oxygen atoms in total. The number of hydrogen-bond donors (Lipinski definition) is 1. The van der Waals surface area contributed by atoms with E-state index in [9.17, 15) is 9.59 Å². The Kier molecular flexibility index (Phi) is 4.44. The summed E-state index contributed by atoms with van der Waals surface area (Å²) in [6.45, 7) is 3.61. The zero-order chi connectivity index (χ0) is 19.3. The lowest BCUT2D eigenvalue weighted by molar-refractivity contribution is -0.127. The van der Waals surface area contributed by atoms with Crippen LogP contribution in [0, 0.1) is 23.7 Å². The molecule has 0 spiro atoms. The number of benzene rings is 1. The summed E-state index contributed by atoms with van der Waals surface area (Å²) >= 11 is 0. The van der Waals surface area contributed by atoms with Crippen molar-refractivity contribution in [3.05, 3.63) is 18.2 Å². The van der Waals surface area contributed by atoms with Gasteiger partial charge in [-0.15, -0.1) is 0 Å². The Morgan fingerprint density at radius 1 is 1.18 bits per heavy atom. The monoisotopic (exact) mass is 384 g/mol. The molecule has 2 saturated carbocycles. The lowest BCUT2D eigenvalue weighted by Gasteiger charge is -2.29. The van der Waals surface area contributed by atoms with E-state index in [1.54, 1.807) is 4.90 Å². The first kappa shape index (κ1) is 17.8. The van der Waals surface area contributed by atoms with Gasteiger partial charge in [-0.05, 0) is 56.1 Å². The van der Waals surface area contributed by atoms with Crippen LogP contribution in [0.4, 0.5) is 5.69 Å². The Labute approximate surface area is 165 Å². The zero-order valence-electron chi connectivity index (χ0n) is 16.4. The number of nitrogens with one attached hydrogen (secondary N) is 1. The van der Waals surface area contributed by atoms with Gasteiger partial charge in [0.1, 0.15) is 13.2 Å². The van der Waals surface area contributed by atoms with Crippen LogP contribution in [-0.4, -0.2) is 37.6 Å². The summed E-state index contributed by atoms with van der Waals surface area (Å²) in [5, 5.41) is 3.23. The van der Waals surface area contributed by atoms with Crippen LogP contribution in [0.5, 0.6) is 11.5 Å². The van der Waals surface area contributed by atoms with Crippen molar-refractivity contribution in [1.29, 1.82) is 0 Å². The molecular formula is C22H28N2O4. The van der Waals surface area contributed by atoms with Gasteiger partial charge >= 0.3 is 0 Å². The van der Waals surface area contributed by atoms with E-state index in [1.165, 1.54) is 25.7 Å². The van der Waals surface area contributed by atoms with Crippen molar-refractivity contribution in [3.63, 3.8) is 0 Å². The van der Waals surface area contributed by atoms with Crippen LogP contribution >= 0.6 is 0 Å². The first-order chi connectivity index (χ1) is 13.6. The molecule has 150 valence electrons. The van der Waals surface area contributed by atoms with Gasteiger partial charge in [0.15, 0.2) is 11.5 Å². The molecule has 2 amide bonds. The molecule has 4 aliphatic rings. The molecule has 3 fully saturated rings. The molecule has 28 heavy (non-hydrogen) atoms. The van der Waals surface area contributed by atoms with Crippen molar-refractivity contribution >= 4 is 17.5 Å². The van der Waals surface area contributed by atoms with Crippen molar-refractivity contribution in [2.45, 2.75) is 45.1 Å². The van der Waals surface area contributed by atoms with E-state index in [2.05, 4.69) is 12.2 Å². The Hall–Kier alpha value is -2.24. The van der Waals surface area contributed by atoms with Crippen LogP contribution in [0.2, 0.25) is 0 Å². The second-order valence-corrected chi connectivity index (χ2v) is 8.87. The molecule has 5 atom stereocenters. The number of fused-ring (bicyclic) bond motifs is 3. The highest BCUT2D eigenvalue weighted by Gasteiger charge is 2.43. The van der Waals surface area contributed by atoms with Crippen LogP contribution in [0.1, 0.15) is 39.0 Å². The predicted molar refractivity (Wildman–Crippen MR) is 104 cm³/mol. The fourth-order valence-electron chi connectivity index (χ4n) is 5.69. The Balaban J connectivity index is 1.23. The third-order valence-corrected chi connectivity index (χ3v) is 7.14. The molecule has 0 aromatic heterocycles. The Morgan fingerprint density at radius 3 is 2.75 bits per heavy atom. The fourth-order valence-corrected chi connectivity index (χ4v) is 5.69. The minimum absolute atomic E-state index is 0.00981. The molecule has 1 N–H and O–H groups in total. The van der Waals surface area contributed by atoms with Crippen LogP contribution < -0.4 is 19.7 Å². The van der Waals surface area contributed by atoms with Crippen LogP contribution in [-0.2, 0) is 9.59 Å². The number of ether oxygens (including phenoxy) is 2. The van der Waals surface area contributed by atoms with Crippen molar-refractivity contribution in [2.24, 2.45) is 23.7 Å². The highest BCUT2D eigenvalue weighted by Crippen LogP contribution is 2.49. The Morgan fingerprint density at radius 2 is 2.00 bits per heavy atom. The van der Waals surface area contributed by atoms with Crippen LogP contribution in [0.25, 0.3) is 0 Å². The smallest absolute Gasteiger partial charge is 0.227 e. The van der Waals surface area contributed by atoms with E-state index in [-0.39, 0.29) is 30.2 Å². The summed E-state index contributed by atoms with van der Waals surface area (Å²) < 4.78 is 11.2. The van der Waals surface area contributed by atoms with E-state index in [0.29, 0.717) is 37.2 Å². The molecule has 2 bridgehead atoms. The van der Waals surface area contributed by atoms with E-state index in [1.807, 2.05) is 18.2 Å². The summed E-state index contributed by atoms with van der Waals surface area (Å²) in [5.74, 6) is 3.33. The molecule has 1 saturated heterocycles. The molecule has 2 heterocycles. The van der Waals surface area contributed by atoms with E-state index < -0.39 is 0 Å². The van der Waals surface area contributed by atoms with Gasteiger partial charge in [0.2, 0.25) is 11.8 Å². The summed E-state index contributed by atoms with van der Waals surface area (Å²) in [6.07, 6.45) is 5.53. The number of rotatable bonds is 4. The van der Waals surface area contributed by atoms with Gasteiger partial charge in [0, 0.05) is 30.8 Å². The summed E-state index contributed by atoms with van der Waals surface area (Å²) in [6, 6.07) is 5.73. The molecule has 6 heteroatoms. The maximum absolute atomic E-state index is 12.8. The molecule has 5 rings (SSSR count). The van der Waals surface area contributed by atoms with E-state index in [4.69, 9.17) is 9.47 Å². The minimum Gasteiger partial charge on any atom is -0.486 e. The van der Waals surface area contributed by atoms with Gasteiger partial charge in [-0.3, -0.25) is 9.59 Å². The number of hydrogen-bond acceptors (Lipinski definition) is 4. The van der Waals surface area contributed by atoms with Crippen molar-refractivity contribution in [2.75, 3.05) is 24.7 Å². The summed E-state index contributed by atoms with van der Waals surface area (Å²) in [7, 11) is 0. The van der Waals surface area contributed by atoms with Crippen LogP contribution in [0.15, 0.2) is 18.2 Å². The van der Waals surface area contributed by atoms with Gasteiger partial charge in [-0.1, -0.05) is 6.42 Å². The maximum atomic E-state index is 12.8. The fraction of sp³-hybridized carbons (Fsp3) is 0.636. The molecular weight excluding hydrogens is 356 g/mol. The summed E-state index contributed by atoms with van der Waals surface area (Å²) in [4.78, 5) is 27.1. The number of carbonyl (C=O) groups is 2. The predicted octanol–water partition coefficient (Wildman–Crippen LogP) is 2.75. The quantitative estimate of drug-likeness (QED) is 0.867. The van der Waals surface area contributed by atoms with Crippen LogP contribution in [0.3, 0.4) is 0 Å². The highest BCUT2D eigenvalue weighted by atomic mass is 16.6. The van der Waals surface area contributed by atoms with E-state index in [0.717, 1.165) is 17.5 Å². The molecule has 2 aliphatic heterocycles. The van der Waals surface area contributed by atoms with Crippen molar-refractivity contribution in [3.8, 4) is 11.5 Å². The van der Waals surface area contributed by atoms with Gasteiger partial charge in [0.25, 0.3) is 0 Å². The second kappa shape index (κ2) is 6.98. The van der Waals surface area contributed by atoms with Gasteiger partial charge in [-0.25, -0.2) is 0 Å². The van der Waals surface area contributed by atoms with E-state index >= 15 is 0 Å². The standard InChI is InChI=1S/C22H28N2O4/c1-13(18-9-14-2-3-15(18)8-14)23-22(26)16-10-21(25)24(12-16)17-4-5-19-20(11-17)28-7-6-27-19/h4-5,11,13-16,18H,2-3,6-10,12H2,1H3,(H,23,26)/t13-,14-,15-,16+,18+/m0/s1. The number of nitrogens with zero attached hydrogens (tertiary/aromatic N) is 1. The second-order valence-electron chi connectivity index (χ2n) is 8.87. The number of amides is 2. The third kappa shape index (κ3) is 3.12. The maximum Gasteiger partial charge on any atom is 0.227 e. The first-order valence-corrected chi connectivity index (χ1v) is 10.6. The van der Waals surface area contributed by atoms with Gasteiger partial charge < -0.3 is 19.7 Å². The largest absolute Gasteiger partial charge is 0.486 e. The molecule has 0 unspecified atom stereocenters. The molecule has 1 aromatic rings. The molecule has 0 radical (unpaired) electrons. The lowest BCUT2D eigenvalue weighted by Crippen LogP contribution is -2.43. The third-order valence-electron chi connectivity index (χ3n) is 7.14. The van der Waals surface area contributed by atoms with Gasteiger partial charge in [0.05, 0.1) is 5.92 Å². The highest BCUT2D eigenvalue weighted by molar-refractivity contribution is 6.00. The SMILES string of the molecule is C[C@H](NC(=O)[C@@H]1CC(=O)N(c2ccc3c(c2)OCCO3)C1)[C@H]1C[C@H]2CC[C@H]1C2. The summed E-state index contributed by atoms with van der Waals surface area (Å²) in [5.41, 5.74) is 0.769. The average molecular weight is 384 g/mol. The van der Waals surface area contributed by atoms with Crippen molar-refractivity contribution < 1.29 is 19.1 Å². The number of carbonyl (C=O) groups excluding carboxylic acids is 2. The normalized spacial score (nSPS) is 31.9.